The molecule has 0 bridgehead atoms. The molecule has 5 rings (SSSR count). The molecule has 0 aromatic heterocycles. The normalized spacial score (nSPS) is 14.2. The quantitative estimate of drug-likeness (QED) is 0.104. The van der Waals surface area contributed by atoms with Crippen LogP contribution in [0.4, 0.5) is 0 Å². The van der Waals surface area contributed by atoms with Crippen LogP contribution in [0.1, 0.15) is 47.2 Å². The molecular weight excluding hydrogens is 620 g/mol. The molecule has 4 aromatic carbocycles. The van der Waals surface area contributed by atoms with Crippen LogP contribution in [-0.2, 0) is 24.5 Å². The summed E-state index contributed by atoms with van der Waals surface area (Å²) in [5.74, 6) is 0.208. The van der Waals surface area contributed by atoms with Crippen LogP contribution in [0.2, 0.25) is 0 Å². The second-order valence-corrected chi connectivity index (χ2v) is 12.0. The first-order chi connectivity index (χ1) is 23.7. The summed E-state index contributed by atoms with van der Waals surface area (Å²) < 4.78 is 22.1. The van der Waals surface area contributed by atoms with E-state index in [0.29, 0.717) is 11.5 Å². The standard InChI is InChI=1S/C41H42O8/c1-5-11-39(44)48-25-31(42)23-46-37-19-17-29(21-27(37)3)41(35-15-9-7-13-33(35)34-14-8-10-16-36(34)41)30-18-20-38(28(4)22-30)47-24-32(43)26-49-40(45)12-6-2/h5-22,31-32,42-43H,23-26H2,1-4H3. The van der Waals surface area contributed by atoms with Gasteiger partial charge in [0.15, 0.2) is 0 Å². The predicted octanol–water partition coefficient (Wildman–Crippen LogP) is 6.38. The number of aliphatic hydroxyl groups excluding tert-OH is 2. The van der Waals surface area contributed by atoms with Gasteiger partial charge < -0.3 is 29.2 Å². The fraction of sp³-hybridized carbons (Fsp3) is 0.268. The fourth-order valence-electron chi connectivity index (χ4n) is 6.31. The summed E-state index contributed by atoms with van der Waals surface area (Å²) in [4.78, 5) is 23.3. The second kappa shape index (κ2) is 15.8. The highest BCUT2D eigenvalue weighted by Gasteiger charge is 2.46. The average Bonchev–Trinajstić information content (AvgIpc) is 3.40. The number of hydrogen-bond acceptors (Lipinski definition) is 8. The zero-order valence-corrected chi connectivity index (χ0v) is 28.2. The van der Waals surface area contributed by atoms with E-state index in [9.17, 15) is 19.8 Å². The van der Waals surface area contributed by atoms with Gasteiger partial charge in [-0.2, -0.15) is 0 Å². The molecule has 2 unspecified atom stereocenters. The fourth-order valence-corrected chi connectivity index (χ4v) is 6.31. The Balaban J connectivity index is 1.47. The van der Waals surface area contributed by atoms with Gasteiger partial charge in [0, 0.05) is 12.2 Å². The minimum absolute atomic E-state index is 0.0340. The summed E-state index contributed by atoms with van der Waals surface area (Å²) in [6, 6.07) is 29.1. The van der Waals surface area contributed by atoms with Gasteiger partial charge in [0.1, 0.15) is 50.1 Å². The number of rotatable bonds is 14. The molecule has 0 amide bonds. The third kappa shape index (κ3) is 7.61. The van der Waals surface area contributed by atoms with Crippen LogP contribution in [-0.4, -0.2) is 60.8 Å². The van der Waals surface area contributed by atoms with E-state index in [1.807, 2.05) is 26.0 Å². The third-order valence-corrected chi connectivity index (χ3v) is 8.47. The number of aryl methyl sites for hydroxylation is 2. The van der Waals surface area contributed by atoms with Crippen molar-refractivity contribution in [3.63, 3.8) is 0 Å². The van der Waals surface area contributed by atoms with Gasteiger partial charge in [-0.3, -0.25) is 0 Å². The molecule has 8 heteroatoms. The average molecular weight is 663 g/mol. The highest BCUT2D eigenvalue weighted by atomic mass is 16.6. The number of carbonyl (C=O) groups is 2. The molecule has 0 aliphatic heterocycles. The van der Waals surface area contributed by atoms with Crippen LogP contribution in [0, 0.1) is 13.8 Å². The Labute approximate surface area is 287 Å². The molecule has 0 fully saturated rings. The molecular formula is C41H42O8. The van der Waals surface area contributed by atoms with Crippen molar-refractivity contribution >= 4 is 11.9 Å². The number of aliphatic hydroxyl groups is 2. The Kier molecular flexibility index (Phi) is 11.3. The summed E-state index contributed by atoms with van der Waals surface area (Å²) >= 11 is 0. The van der Waals surface area contributed by atoms with E-state index in [1.54, 1.807) is 26.0 Å². The van der Waals surface area contributed by atoms with Crippen molar-refractivity contribution in [2.24, 2.45) is 0 Å². The van der Waals surface area contributed by atoms with Crippen molar-refractivity contribution in [3.05, 3.63) is 143 Å². The predicted molar refractivity (Wildman–Crippen MR) is 188 cm³/mol. The Morgan fingerprint density at radius 2 is 1.04 bits per heavy atom. The number of carbonyl (C=O) groups excluding carboxylic acids is 2. The molecule has 0 radical (unpaired) electrons. The van der Waals surface area contributed by atoms with Crippen LogP contribution in [0.3, 0.4) is 0 Å². The molecule has 0 heterocycles. The third-order valence-electron chi connectivity index (χ3n) is 8.47. The summed E-state index contributed by atoms with van der Waals surface area (Å²) in [5.41, 5.74) is 7.80. The lowest BCUT2D eigenvalue weighted by Gasteiger charge is -2.34. The highest BCUT2D eigenvalue weighted by molar-refractivity contribution is 5.86. The zero-order valence-electron chi connectivity index (χ0n) is 28.2. The number of allylic oxidation sites excluding steroid dienone is 2. The Hall–Kier alpha value is -5.18. The summed E-state index contributed by atoms with van der Waals surface area (Å²) in [6.45, 7) is 6.98. The van der Waals surface area contributed by atoms with E-state index in [4.69, 9.17) is 18.9 Å². The zero-order chi connectivity index (χ0) is 35.0. The lowest BCUT2D eigenvalue weighted by atomic mass is 9.67. The Morgan fingerprint density at radius 1 is 0.633 bits per heavy atom. The number of esters is 2. The topological polar surface area (TPSA) is 112 Å². The van der Waals surface area contributed by atoms with Crippen LogP contribution in [0.5, 0.6) is 11.5 Å². The van der Waals surface area contributed by atoms with Crippen molar-refractivity contribution in [2.45, 2.75) is 45.3 Å². The summed E-state index contributed by atoms with van der Waals surface area (Å²) in [6.07, 6.45) is 3.79. The first-order valence-corrected chi connectivity index (χ1v) is 16.3. The molecule has 0 spiro atoms. The SMILES string of the molecule is CC=CC(=O)OCC(O)COc1ccc(C2(c3ccc(OCC(O)COC(=O)C=CC)c(C)c3)c3ccccc3-c3ccccc32)cc1C. The van der Waals surface area contributed by atoms with Crippen molar-refractivity contribution in [3.8, 4) is 22.6 Å². The lowest BCUT2D eigenvalue weighted by Crippen LogP contribution is -2.29. The lowest BCUT2D eigenvalue weighted by molar-refractivity contribution is -0.142. The number of fused-ring (bicyclic) bond motifs is 3. The maximum Gasteiger partial charge on any atom is 0.330 e. The Morgan fingerprint density at radius 3 is 1.43 bits per heavy atom. The number of benzene rings is 4. The van der Waals surface area contributed by atoms with Crippen molar-refractivity contribution < 1.29 is 38.7 Å². The maximum absolute atomic E-state index is 11.6. The summed E-state index contributed by atoms with van der Waals surface area (Å²) in [5, 5.41) is 20.7. The van der Waals surface area contributed by atoms with Crippen molar-refractivity contribution in [1.82, 2.24) is 0 Å². The highest BCUT2D eigenvalue weighted by Crippen LogP contribution is 2.56. The largest absolute Gasteiger partial charge is 0.490 e. The molecule has 4 aromatic rings. The van der Waals surface area contributed by atoms with E-state index in [2.05, 4.69) is 72.8 Å². The van der Waals surface area contributed by atoms with Crippen LogP contribution in [0.15, 0.2) is 109 Å². The molecule has 1 aliphatic carbocycles. The van der Waals surface area contributed by atoms with E-state index < -0.39 is 29.6 Å². The molecule has 0 saturated carbocycles. The van der Waals surface area contributed by atoms with Gasteiger partial charge >= 0.3 is 11.9 Å². The van der Waals surface area contributed by atoms with Crippen molar-refractivity contribution in [1.29, 1.82) is 0 Å². The Bertz CT molecular complexity index is 1720. The molecule has 8 nitrogen and oxygen atoms in total. The van der Waals surface area contributed by atoms with Gasteiger partial charge in [-0.1, -0.05) is 84.9 Å². The van der Waals surface area contributed by atoms with E-state index >= 15 is 0 Å². The molecule has 0 saturated heterocycles. The smallest absolute Gasteiger partial charge is 0.330 e. The van der Waals surface area contributed by atoms with E-state index in [0.717, 1.165) is 44.5 Å². The van der Waals surface area contributed by atoms with Gasteiger partial charge in [0.25, 0.3) is 0 Å². The maximum atomic E-state index is 11.6. The van der Waals surface area contributed by atoms with Crippen LogP contribution >= 0.6 is 0 Å². The molecule has 1 aliphatic rings. The molecule has 49 heavy (non-hydrogen) atoms. The van der Waals surface area contributed by atoms with Crippen LogP contribution < -0.4 is 9.47 Å². The number of hydrogen-bond donors (Lipinski definition) is 2. The van der Waals surface area contributed by atoms with Gasteiger partial charge in [0.05, 0.1) is 5.41 Å². The van der Waals surface area contributed by atoms with Gasteiger partial charge in [-0.15, -0.1) is 0 Å². The van der Waals surface area contributed by atoms with Crippen molar-refractivity contribution in [2.75, 3.05) is 26.4 Å². The minimum Gasteiger partial charge on any atom is -0.490 e. The van der Waals surface area contributed by atoms with E-state index in [1.165, 1.54) is 12.2 Å². The van der Waals surface area contributed by atoms with Gasteiger partial charge in [-0.05, 0) is 84.3 Å². The van der Waals surface area contributed by atoms with Gasteiger partial charge in [0.2, 0.25) is 0 Å². The molecule has 2 atom stereocenters. The summed E-state index contributed by atoms with van der Waals surface area (Å²) in [7, 11) is 0. The van der Waals surface area contributed by atoms with E-state index in [-0.39, 0.29) is 26.4 Å². The first-order valence-electron chi connectivity index (χ1n) is 16.3. The molecule has 2 N–H and O–H groups in total. The molecule has 254 valence electrons. The first kappa shape index (κ1) is 35.1. The minimum atomic E-state index is -0.980. The second-order valence-electron chi connectivity index (χ2n) is 12.0. The number of ether oxygens (including phenoxy) is 4. The monoisotopic (exact) mass is 662 g/mol. The van der Waals surface area contributed by atoms with Gasteiger partial charge in [-0.25, -0.2) is 9.59 Å². The van der Waals surface area contributed by atoms with Crippen LogP contribution in [0.25, 0.3) is 11.1 Å².